The minimum absolute atomic E-state index is 0.325. The van der Waals surface area contributed by atoms with Crippen LogP contribution in [-0.2, 0) is 9.53 Å². The second kappa shape index (κ2) is 38.1. The number of ether oxygens (including phenoxy) is 4. The Hall–Kier alpha value is -2.17. The zero-order chi connectivity index (χ0) is 38.3. The van der Waals surface area contributed by atoms with Gasteiger partial charge in [0.05, 0.1) is 26.4 Å². The number of carbonyl (C=O) groups excluding carboxylic acids is 1. The van der Waals surface area contributed by atoms with E-state index in [1.54, 1.807) is 0 Å². The highest BCUT2D eigenvalue weighted by Crippen LogP contribution is 2.40. The molecule has 308 valence electrons. The van der Waals surface area contributed by atoms with E-state index in [1.165, 1.54) is 179 Å². The number of esters is 1. The second-order valence-corrected chi connectivity index (χ2v) is 15.4. The monoisotopic (exact) mass is 743 g/mol. The van der Waals surface area contributed by atoms with Crippen LogP contribution in [0, 0.1) is 0 Å². The van der Waals surface area contributed by atoms with Crippen LogP contribution in [-0.4, -0.2) is 32.4 Å². The first-order chi connectivity index (χ1) is 26.2. The van der Waals surface area contributed by atoms with E-state index in [2.05, 4.69) is 20.8 Å². The van der Waals surface area contributed by atoms with Gasteiger partial charge in [0.15, 0.2) is 11.5 Å². The molecule has 0 N–H and O–H groups in total. The third-order valence-electron chi connectivity index (χ3n) is 10.2. The Morgan fingerprint density at radius 3 is 1.08 bits per heavy atom. The SMILES string of the molecule is CCCCCCCCCCCCOc1cc(C=CC(=O)OCCC)cc(OCCCCCCCCCCCC)c1OCCCCCCCCCCCC. The number of unbranched alkanes of at least 4 members (excludes halogenated alkanes) is 27. The molecule has 0 unspecified atom stereocenters. The summed E-state index contributed by atoms with van der Waals surface area (Å²) in [5.41, 5.74) is 0.862. The molecule has 1 aromatic carbocycles. The lowest BCUT2D eigenvalue weighted by molar-refractivity contribution is -0.137. The predicted octanol–water partition coefficient (Wildman–Crippen LogP) is 15.6. The van der Waals surface area contributed by atoms with Crippen molar-refractivity contribution >= 4 is 12.0 Å². The molecule has 53 heavy (non-hydrogen) atoms. The Labute approximate surface area is 329 Å². The summed E-state index contributed by atoms with van der Waals surface area (Å²) in [5.74, 6) is 1.82. The maximum atomic E-state index is 12.3. The maximum absolute atomic E-state index is 12.3. The smallest absolute Gasteiger partial charge is 0.330 e. The molecule has 1 aromatic rings. The highest BCUT2D eigenvalue weighted by Gasteiger charge is 2.16. The lowest BCUT2D eigenvalue weighted by Gasteiger charge is -2.18. The molecule has 0 radical (unpaired) electrons. The fraction of sp³-hybridized carbons (Fsp3) is 0.812. The van der Waals surface area contributed by atoms with Gasteiger partial charge in [0, 0.05) is 6.08 Å². The molecule has 0 amide bonds. The summed E-state index contributed by atoms with van der Waals surface area (Å²) in [5, 5.41) is 0. The van der Waals surface area contributed by atoms with Crippen LogP contribution in [0.4, 0.5) is 0 Å². The first-order valence-corrected chi connectivity index (χ1v) is 23.1. The highest BCUT2D eigenvalue weighted by atomic mass is 16.5. The van der Waals surface area contributed by atoms with E-state index in [1.807, 2.05) is 25.1 Å². The molecule has 0 aromatic heterocycles. The van der Waals surface area contributed by atoms with Crippen molar-refractivity contribution in [3.05, 3.63) is 23.8 Å². The van der Waals surface area contributed by atoms with Crippen molar-refractivity contribution in [2.24, 2.45) is 0 Å². The summed E-state index contributed by atoms with van der Waals surface area (Å²) in [4.78, 5) is 12.3. The molecule has 0 bridgehead atoms. The molecule has 5 heteroatoms. The van der Waals surface area contributed by atoms with Gasteiger partial charge in [-0.05, 0) is 49.5 Å². The fourth-order valence-corrected chi connectivity index (χ4v) is 6.77. The molecule has 0 spiro atoms. The van der Waals surface area contributed by atoms with Crippen LogP contribution in [0.3, 0.4) is 0 Å². The third-order valence-corrected chi connectivity index (χ3v) is 10.2. The molecule has 0 aliphatic heterocycles. The van der Waals surface area contributed by atoms with Gasteiger partial charge in [-0.25, -0.2) is 4.79 Å². The van der Waals surface area contributed by atoms with E-state index in [-0.39, 0.29) is 5.97 Å². The van der Waals surface area contributed by atoms with Crippen LogP contribution in [0.2, 0.25) is 0 Å². The maximum Gasteiger partial charge on any atom is 0.330 e. The summed E-state index contributed by atoms with van der Waals surface area (Å²) in [6.07, 6.45) is 42.9. The number of hydrogen-bond acceptors (Lipinski definition) is 5. The Morgan fingerprint density at radius 1 is 0.415 bits per heavy atom. The molecule has 0 heterocycles. The molecule has 1 rings (SSSR count). The van der Waals surface area contributed by atoms with E-state index in [0.29, 0.717) is 32.2 Å². The van der Waals surface area contributed by atoms with Gasteiger partial charge >= 0.3 is 5.97 Å². The van der Waals surface area contributed by atoms with E-state index < -0.39 is 0 Å². The summed E-state index contributed by atoms with van der Waals surface area (Å²) < 4.78 is 24.7. The zero-order valence-electron chi connectivity index (χ0n) is 35.6. The molecular formula is C48H86O5. The molecule has 0 saturated carbocycles. The van der Waals surface area contributed by atoms with Crippen molar-refractivity contribution in [3.63, 3.8) is 0 Å². The van der Waals surface area contributed by atoms with E-state index in [0.717, 1.165) is 42.7 Å². The molecule has 0 fully saturated rings. The predicted molar refractivity (Wildman–Crippen MR) is 229 cm³/mol. The number of benzene rings is 1. The fourth-order valence-electron chi connectivity index (χ4n) is 6.77. The van der Waals surface area contributed by atoms with Gasteiger partial charge in [-0.1, -0.05) is 201 Å². The average Bonchev–Trinajstić information content (AvgIpc) is 3.17. The van der Waals surface area contributed by atoms with Gasteiger partial charge in [-0.15, -0.1) is 0 Å². The summed E-state index contributed by atoms with van der Waals surface area (Å²) >= 11 is 0. The van der Waals surface area contributed by atoms with Crippen LogP contribution >= 0.6 is 0 Å². The van der Waals surface area contributed by atoms with Crippen molar-refractivity contribution in [1.82, 2.24) is 0 Å². The minimum atomic E-state index is -0.325. The summed E-state index contributed by atoms with van der Waals surface area (Å²) in [7, 11) is 0. The minimum Gasteiger partial charge on any atom is -0.490 e. The quantitative estimate of drug-likeness (QED) is 0.0381. The van der Waals surface area contributed by atoms with E-state index in [9.17, 15) is 4.79 Å². The summed E-state index contributed by atoms with van der Waals surface area (Å²) in [6.45, 7) is 11.2. The van der Waals surface area contributed by atoms with Gasteiger partial charge in [-0.3, -0.25) is 0 Å². The molecule has 5 nitrogen and oxygen atoms in total. The Bertz CT molecular complexity index is 926. The average molecular weight is 743 g/mol. The standard InChI is InChI=1S/C48H86O5/c1-5-9-12-15-18-21-24-27-30-33-39-50-45-42-44(36-37-47(49)52-38-8-4)43-46(51-40-34-31-28-25-22-19-16-13-10-6-2)48(45)53-41-35-32-29-26-23-20-17-14-11-7-3/h36-37,42-43H,5-35,38-41H2,1-4H3. The van der Waals surface area contributed by atoms with Crippen LogP contribution in [0.15, 0.2) is 18.2 Å². The van der Waals surface area contributed by atoms with Crippen molar-refractivity contribution < 1.29 is 23.7 Å². The molecule has 0 saturated heterocycles. The largest absolute Gasteiger partial charge is 0.490 e. The topological polar surface area (TPSA) is 54.0 Å². The van der Waals surface area contributed by atoms with Gasteiger partial charge < -0.3 is 18.9 Å². The van der Waals surface area contributed by atoms with Crippen molar-refractivity contribution in [2.75, 3.05) is 26.4 Å². The second-order valence-electron chi connectivity index (χ2n) is 15.4. The number of carbonyl (C=O) groups is 1. The van der Waals surface area contributed by atoms with Crippen LogP contribution in [0.1, 0.15) is 232 Å². The van der Waals surface area contributed by atoms with Crippen LogP contribution in [0.5, 0.6) is 17.2 Å². The molecule has 0 aliphatic carbocycles. The lowest BCUT2D eigenvalue weighted by atomic mass is 10.1. The highest BCUT2D eigenvalue weighted by molar-refractivity contribution is 5.87. The first kappa shape index (κ1) is 48.8. The lowest BCUT2D eigenvalue weighted by Crippen LogP contribution is -2.07. The number of hydrogen-bond donors (Lipinski definition) is 0. The zero-order valence-corrected chi connectivity index (χ0v) is 35.6. The van der Waals surface area contributed by atoms with Crippen molar-refractivity contribution in [2.45, 2.75) is 227 Å². The van der Waals surface area contributed by atoms with Crippen molar-refractivity contribution in [3.8, 4) is 17.2 Å². The molecular weight excluding hydrogens is 657 g/mol. The van der Waals surface area contributed by atoms with Gasteiger partial charge in [0.25, 0.3) is 0 Å². The molecule has 0 atom stereocenters. The third kappa shape index (κ3) is 29.8. The van der Waals surface area contributed by atoms with Gasteiger partial charge in [-0.2, -0.15) is 0 Å². The van der Waals surface area contributed by atoms with Crippen LogP contribution < -0.4 is 14.2 Å². The normalized spacial score (nSPS) is 11.4. The van der Waals surface area contributed by atoms with E-state index in [4.69, 9.17) is 18.9 Å². The first-order valence-electron chi connectivity index (χ1n) is 23.1. The van der Waals surface area contributed by atoms with Gasteiger partial charge in [0.1, 0.15) is 0 Å². The molecule has 0 aliphatic rings. The Kier molecular flexibility index (Phi) is 35.1. The van der Waals surface area contributed by atoms with E-state index >= 15 is 0 Å². The number of rotatable bonds is 40. The summed E-state index contributed by atoms with van der Waals surface area (Å²) in [6, 6.07) is 4.00. The van der Waals surface area contributed by atoms with Crippen LogP contribution in [0.25, 0.3) is 6.08 Å². The Morgan fingerprint density at radius 2 is 0.736 bits per heavy atom. The van der Waals surface area contributed by atoms with Gasteiger partial charge in [0.2, 0.25) is 5.75 Å². The van der Waals surface area contributed by atoms with Crippen molar-refractivity contribution in [1.29, 1.82) is 0 Å². The Balaban J connectivity index is 2.84.